The number of aromatic nitrogens is 6. The van der Waals surface area contributed by atoms with Gasteiger partial charge in [-0.1, -0.05) is 88.7 Å². The van der Waals surface area contributed by atoms with Crippen LogP contribution in [0.2, 0.25) is 0 Å². The molecule has 0 radical (unpaired) electrons. The summed E-state index contributed by atoms with van der Waals surface area (Å²) in [5, 5.41) is 13.5. The molecule has 0 aliphatic heterocycles. The number of nitrogens with zero attached hydrogens (tertiary/aromatic N) is 6. The van der Waals surface area contributed by atoms with Crippen LogP contribution in [0.4, 0.5) is 0 Å². The lowest BCUT2D eigenvalue weighted by molar-refractivity contribution is 0.481. The van der Waals surface area contributed by atoms with E-state index in [1.807, 2.05) is 109 Å². The van der Waals surface area contributed by atoms with E-state index in [9.17, 15) is 0 Å². The summed E-state index contributed by atoms with van der Waals surface area (Å²) in [6.45, 7) is 6.86. The van der Waals surface area contributed by atoms with Crippen LogP contribution >= 0.6 is 0 Å². The minimum Gasteiger partial charge on any atom is -0.457 e. The highest BCUT2D eigenvalue weighted by Gasteiger charge is 2.21. The number of aryl methyl sites for hydroxylation is 4. The number of ether oxygens (including phenoxy) is 1. The SMILES string of the molecule is [2H]C([2H])(C)c1cccc2c3cccc(C([2H])([2H])C)c3n(-c3ccnc(-n4c5ccccc5c5ccc(Oc6cc(-n7nc8c(n7)CCCCC8)cc(C([2H])(C)C)c6)cc54)c3)c12. The molecule has 0 atom stereocenters. The Morgan fingerprint density at radius 1 is 0.643 bits per heavy atom. The summed E-state index contributed by atoms with van der Waals surface area (Å²) < 4.78 is 55.2. The zero-order valence-electron chi connectivity index (χ0n) is 37.1. The average molecular weight is 740 g/mol. The Morgan fingerprint density at radius 2 is 1.32 bits per heavy atom. The fraction of sp³-hybridized carbons (Fsp3) is 0.245. The molecule has 10 rings (SSSR count). The molecule has 0 saturated carbocycles. The van der Waals surface area contributed by atoms with Crippen molar-refractivity contribution in [3.8, 4) is 28.7 Å². The fourth-order valence-corrected chi connectivity index (χ4v) is 8.52. The number of hydrogen-bond acceptors (Lipinski definition) is 4. The maximum Gasteiger partial charge on any atom is 0.139 e. The van der Waals surface area contributed by atoms with Gasteiger partial charge < -0.3 is 9.30 Å². The predicted octanol–water partition coefficient (Wildman–Crippen LogP) is 12.2. The summed E-state index contributed by atoms with van der Waals surface area (Å²) in [6.07, 6.45) is 3.63. The summed E-state index contributed by atoms with van der Waals surface area (Å²) in [6, 6.07) is 35.3. The van der Waals surface area contributed by atoms with Crippen molar-refractivity contribution in [2.24, 2.45) is 0 Å². The number of rotatable bonds is 8. The molecule has 1 aliphatic rings. The largest absolute Gasteiger partial charge is 0.457 e. The minimum absolute atomic E-state index is 0.514. The van der Waals surface area contributed by atoms with E-state index in [1.165, 1.54) is 6.42 Å². The highest BCUT2D eigenvalue weighted by atomic mass is 16.5. The molecule has 0 unspecified atom stereocenters. The molecule has 5 aromatic carbocycles. The van der Waals surface area contributed by atoms with Crippen molar-refractivity contribution in [2.75, 3.05) is 0 Å². The first-order valence-corrected chi connectivity index (χ1v) is 19.5. The third-order valence-corrected chi connectivity index (χ3v) is 11.2. The second kappa shape index (κ2) is 13.8. The quantitative estimate of drug-likeness (QED) is 0.146. The van der Waals surface area contributed by atoms with Crippen molar-refractivity contribution in [1.82, 2.24) is 29.1 Å². The van der Waals surface area contributed by atoms with Crippen LogP contribution in [-0.4, -0.2) is 29.1 Å². The lowest BCUT2D eigenvalue weighted by atomic mass is 10.0. The molecular formula is C49H46N6O. The van der Waals surface area contributed by atoms with Gasteiger partial charge in [-0.2, -0.15) is 15.0 Å². The van der Waals surface area contributed by atoms with Gasteiger partial charge in [-0.15, -0.1) is 0 Å². The monoisotopic (exact) mass is 739 g/mol. The Hall–Kier alpha value is -6.21. The zero-order valence-corrected chi connectivity index (χ0v) is 32.1. The number of hydrogen-bond donors (Lipinski definition) is 0. The summed E-state index contributed by atoms with van der Waals surface area (Å²) >= 11 is 0. The molecule has 0 amide bonds. The second-order valence-corrected chi connectivity index (χ2v) is 14.9. The van der Waals surface area contributed by atoms with Gasteiger partial charge >= 0.3 is 0 Å². The lowest BCUT2D eigenvalue weighted by Crippen LogP contribution is -2.03. The minimum atomic E-state index is -1.68. The molecule has 0 spiro atoms. The first kappa shape index (κ1) is 29.1. The predicted molar refractivity (Wildman–Crippen MR) is 228 cm³/mol. The van der Waals surface area contributed by atoms with Crippen LogP contribution in [0.1, 0.15) is 87.8 Å². The fourth-order valence-electron chi connectivity index (χ4n) is 8.52. The average Bonchev–Trinajstić information content (AvgIpc) is 3.84. The Balaban J connectivity index is 1.14. The van der Waals surface area contributed by atoms with Crippen LogP contribution < -0.4 is 4.74 Å². The highest BCUT2D eigenvalue weighted by molar-refractivity contribution is 6.12. The Labute approximate surface area is 334 Å². The molecule has 7 heteroatoms. The van der Waals surface area contributed by atoms with Gasteiger partial charge in [0.1, 0.15) is 17.3 Å². The maximum atomic E-state index is 8.95. The normalized spacial score (nSPS) is 15.3. The van der Waals surface area contributed by atoms with E-state index in [1.54, 1.807) is 24.8 Å². The van der Waals surface area contributed by atoms with Gasteiger partial charge in [0.05, 0.1) is 44.8 Å². The third kappa shape index (κ3) is 5.67. The molecular weight excluding hydrogens is 689 g/mol. The van der Waals surface area contributed by atoms with Crippen LogP contribution in [0.3, 0.4) is 0 Å². The summed E-state index contributed by atoms with van der Waals surface area (Å²) in [5.41, 5.74) is 8.58. The Bertz CT molecular complexity index is 3080. The highest BCUT2D eigenvalue weighted by Crippen LogP contribution is 2.39. The van der Waals surface area contributed by atoms with Crippen molar-refractivity contribution in [3.05, 3.63) is 143 Å². The Kier molecular flexibility index (Phi) is 7.19. The van der Waals surface area contributed by atoms with Crippen molar-refractivity contribution >= 4 is 43.6 Å². The first-order valence-electron chi connectivity index (χ1n) is 22.0. The summed E-state index contributed by atoms with van der Waals surface area (Å²) in [7, 11) is 0. The van der Waals surface area contributed by atoms with Crippen molar-refractivity contribution in [3.63, 3.8) is 0 Å². The van der Waals surface area contributed by atoms with Gasteiger partial charge in [-0.05, 0) is 97.4 Å². The van der Waals surface area contributed by atoms with E-state index in [-0.39, 0.29) is 0 Å². The molecule has 7 nitrogen and oxygen atoms in total. The molecule has 9 aromatic rings. The zero-order chi connectivity index (χ0) is 42.4. The topological polar surface area (TPSA) is 62.7 Å². The molecule has 4 heterocycles. The van der Waals surface area contributed by atoms with E-state index in [2.05, 4.69) is 22.8 Å². The van der Waals surface area contributed by atoms with Gasteiger partial charge in [0.15, 0.2) is 0 Å². The number of para-hydroxylation sites is 3. The van der Waals surface area contributed by atoms with Gasteiger partial charge in [0.2, 0.25) is 0 Å². The van der Waals surface area contributed by atoms with Crippen LogP contribution in [0.15, 0.2) is 115 Å². The van der Waals surface area contributed by atoms with Gasteiger partial charge in [-0.25, -0.2) is 4.98 Å². The molecule has 0 fully saturated rings. The van der Waals surface area contributed by atoms with Crippen LogP contribution in [0.5, 0.6) is 11.5 Å². The standard InChI is InChI=1S/C49H46N6O/c1-5-32-14-12-17-41-42-18-13-15-33(6-2)49(42)53(48(32)41)35-24-25-50-47(29-35)54-45-21-11-10-16-39(45)40-23-22-37(30-46(40)54)56-38-27-34(31(3)4)26-36(28-38)55-51-43-19-8-7-9-20-44(43)52-55/h10-18,21-31H,5-9,19-20H2,1-4H3/i5D2,6D2,31D. The second-order valence-electron chi connectivity index (χ2n) is 14.9. The molecule has 1 aliphatic carbocycles. The Morgan fingerprint density at radius 3 is 2.02 bits per heavy atom. The third-order valence-electron chi connectivity index (χ3n) is 11.2. The summed E-state index contributed by atoms with van der Waals surface area (Å²) in [5.74, 6) is 0.917. The smallest absolute Gasteiger partial charge is 0.139 e. The van der Waals surface area contributed by atoms with E-state index in [4.69, 9.17) is 26.8 Å². The number of benzene rings is 5. The first-order chi connectivity index (χ1) is 29.1. The van der Waals surface area contributed by atoms with Crippen molar-refractivity contribution < 1.29 is 11.6 Å². The van der Waals surface area contributed by atoms with Gasteiger partial charge in [0.25, 0.3) is 0 Å². The summed E-state index contributed by atoms with van der Waals surface area (Å²) in [4.78, 5) is 6.65. The van der Waals surface area contributed by atoms with Gasteiger partial charge in [0, 0.05) is 52.8 Å². The van der Waals surface area contributed by atoms with E-state index < -0.39 is 18.6 Å². The molecule has 56 heavy (non-hydrogen) atoms. The lowest BCUT2D eigenvalue weighted by Gasteiger charge is -2.15. The number of pyridine rings is 1. The molecule has 0 N–H and O–H groups in total. The molecule has 0 saturated heterocycles. The van der Waals surface area contributed by atoms with Crippen molar-refractivity contribution in [2.45, 2.75) is 78.4 Å². The van der Waals surface area contributed by atoms with Crippen LogP contribution in [0, 0.1) is 0 Å². The van der Waals surface area contributed by atoms with Crippen molar-refractivity contribution in [1.29, 1.82) is 0 Å². The molecule has 0 bridgehead atoms. The maximum absolute atomic E-state index is 8.95. The van der Waals surface area contributed by atoms with Crippen LogP contribution in [0.25, 0.3) is 60.8 Å². The van der Waals surface area contributed by atoms with E-state index in [0.717, 1.165) is 86.6 Å². The number of fused-ring (bicyclic) bond motifs is 7. The van der Waals surface area contributed by atoms with Crippen LogP contribution in [-0.2, 0) is 25.6 Å². The van der Waals surface area contributed by atoms with E-state index in [0.29, 0.717) is 39.5 Å². The molecule has 278 valence electrons. The van der Waals surface area contributed by atoms with E-state index >= 15 is 0 Å². The van der Waals surface area contributed by atoms with Gasteiger partial charge in [-0.3, -0.25) is 4.57 Å². The molecule has 4 aromatic heterocycles.